The minimum Gasteiger partial charge on any atom is -0.481 e. The lowest BCUT2D eigenvalue weighted by Gasteiger charge is -2.18. The first-order valence-corrected chi connectivity index (χ1v) is 16.8. The summed E-state index contributed by atoms with van der Waals surface area (Å²) in [6.07, 6.45) is 0.689. The number of carbonyl (C=O) groups excluding carboxylic acids is 1. The van der Waals surface area contributed by atoms with Crippen LogP contribution in [-0.2, 0) is 36.8 Å². The number of rotatable bonds is 12. The molecule has 2 aliphatic rings. The first-order valence-electron chi connectivity index (χ1n) is 16.8. The molecule has 3 aromatic rings. The van der Waals surface area contributed by atoms with E-state index >= 15 is 0 Å². The molecule has 5 heterocycles. The highest BCUT2D eigenvalue weighted by molar-refractivity contribution is 6.28. The number of aliphatic carboxylic acids is 4. The van der Waals surface area contributed by atoms with Crippen LogP contribution in [-0.4, -0.2) is 76.2 Å². The van der Waals surface area contributed by atoms with Gasteiger partial charge in [-0.15, -0.1) is 0 Å². The van der Waals surface area contributed by atoms with Crippen LogP contribution in [0.15, 0.2) is 24.8 Å². The Morgan fingerprint density at radius 3 is 2.15 bits per heavy atom. The highest BCUT2D eigenvalue weighted by Gasteiger charge is 2.36. The van der Waals surface area contributed by atoms with E-state index in [1.807, 2.05) is 39.8 Å². The third-order valence-electron chi connectivity index (χ3n) is 9.94. The molecule has 3 aromatic heterocycles. The lowest BCUT2D eigenvalue weighted by molar-refractivity contribution is -0.146. The van der Waals surface area contributed by atoms with E-state index in [1.54, 1.807) is 19.1 Å². The second-order valence-electron chi connectivity index (χ2n) is 13.1. The Kier molecular flexibility index (Phi) is 10.5. The van der Waals surface area contributed by atoms with Gasteiger partial charge in [0.2, 0.25) is 0 Å². The van der Waals surface area contributed by atoms with Crippen molar-refractivity contribution >= 4 is 69.1 Å². The fourth-order valence-corrected chi connectivity index (χ4v) is 7.15. The van der Waals surface area contributed by atoms with E-state index in [0.29, 0.717) is 23.2 Å². The van der Waals surface area contributed by atoms with Gasteiger partial charge in [-0.05, 0) is 74.1 Å². The fraction of sp³-hybridized carbons (Fsp3) is 0.342. The summed E-state index contributed by atoms with van der Waals surface area (Å²) in [7, 11) is 0. The molecule has 0 radical (unpaired) electrons. The zero-order valence-corrected chi connectivity index (χ0v) is 29.5. The van der Waals surface area contributed by atoms with Crippen LogP contribution in [0.25, 0.3) is 39.3 Å². The van der Waals surface area contributed by atoms with E-state index in [0.717, 1.165) is 38.8 Å². The van der Waals surface area contributed by atoms with Crippen molar-refractivity contribution in [2.75, 3.05) is 0 Å². The number of allylic oxidation sites excluding steroid dienone is 1. The summed E-state index contributed by atoms with van der Waals surface area (Å²) in [5.74, 6) is -7.28. The van der Waals surface area contributed by atoms with Crippen LogP contribution in [0.2, 0.25) is 0 Å². The standard InChI is InChI=1S/C38H41N5O9/c1-7-20-16(3)24-12-26-18(5)22(9-10-31(44)45)35(41-26)23(11-32(46)47)36-34(37(50)43-30(38(51)52)15-33(48)49)19(6)27(42-36)14-29-21(8-2)17(4)25(40-29)13-28(20)39-24/h7,12-14,18,22,30,39-40H,1,8-11,15H2,2-6H3,(H,43,50)(H,44,45)(H,46,47)(H,48,49)(H,51,52)/t18-,22-,30-/m0/s1. The van der Waals surface area contributed by atoms with Crippen LogP contribution < -0.4 is 5.32 Å². The summed E-state index contributed by atoms with van der Waals surface area (Å²) in [6.45, 7) is 13.4. The Morgan fingerprint density at radius 1 is 0.885 bits per heavy atom. The molecule has 0 aliphatic carbocycles. The number of fused-ring (bicyclic) bond motifs is 8. The molecule has 0 aromatic carbocycles. The minimum atomic E-state index is -1.80. The van der Waals surface area contributed by atoms with Gasteiger partial charge in [-0.1, -0.05) is 26.5 Å². The van der Waals surface area contributed by atoms with Crippen LogP contribution >= 0.6 is 0 Å². The van der Waals surface area contributed by atoms with Gasteiger partial charge in [0.05, 0.1) is 35.5 Å². The number of nitrogens with one attached hydrogen (secondary N) is 3. The van der Waals surface area contributed by atoms with Crippen LogP contribution in [0, 0.1) is 13.8 Å². The normalized spacial score (nSPS) is 16.0. The van der Waals surface area contributed by atoms with Gasteiger partial charge in [-0.25, -0.2) is 9.78 Å². The minimum absolute atomic E-state index is 0.0614. The quantitative estimate of drug-likeness (QED) is 0.124. The average molecular weight is 712 g/mol. The predicted molar refractivity (Wildman–Crippen MR) is 194 cm³/mol. The maximum Gasteiger partial charge on any atom is 0.326 e. The number of carboxylic acids is 4. The predicted octanol–water partition coefficient (Wildman–Crippen LogP) is 5.49. The van der Waals surface area contributed by atoms with Gasteiger partial charge in [0.1, 0.15) is 6.04 Å². The Labute approximate surface area is 298 Å². The maximum atomic E-state index is 14.0. The number of carboxylic acid groups (broad SMARTS) is 4. The van der Waals surface area contributed by atoms with Crippen molar-refractivity contribution in [3.8, 4) is 0 Å². The van der Waals surface area contributed by atoms with Crippen LogP contribution in [0.5, 0.6) is 0 Å². The van der Waals surface area contributed by atoms with Gasteiger partial charge in [-0.2, -0.15) is 0 Å². The number of H-pyrrole nitrogens is 2. The van der Waals surface area contributed by atoms with Gasteiger partial charge >= 0.3 is 23.9 Å². The highest BCUT2D eigenvalue weighted by Crippen LogP contribution is 2.44. The smallest absolute Gasteiger partial charge is 0.326 e. The lowest BCUT2D eigenvalue weighted by atomic mass is 9.84. The van der Waals surface area contributed by atoms with E-state index in [4.69, 9.17) is 9.97 Å². The summed E-state index contributed by atoms with van der Waals surface area (Å²) >= 11 is 0. The van der Waals surface area contributed by atoms with Crippen molar-refractivity contribution in [3.05, 3.63) is 75.4 Å². The molecule has 3 atom stereocenters. The van der Waals surface area contributed by atoms with Crippen molar-refractivity contribution in [2.45, 2.75) is 84.6 Å². The molecule has 2 aliphatic heterocycles. The van der Waals surface area contributed by atoms with Crippen molar-refractivity contribution in [2.24, 2.45) is 0 Å². The molecule has 14 heteroatoms. The Hall–Kier alpha value is -6.05. The highest BCUT2D eigenvalue weighted by atomic mass is 16.4. The number of hydrogen-bond acceptors (Lipinski definition) is 7. The summed E-state index contributed by atoms with van der Waals surface area (Å²) < 4.78 is 0. The third kappa shape index (κ3) is 7.09. The third-order valence-corrected chi connectivity index (χ3v) is 9.94. The topological polar surface area (TPSA) is 236 Å². The van der Waals surface area contributed by atoms with E-state index in [2.05, 4.69) is 21.9 Å². The fourth-order valence-electron chi connectivity index (χ4n) is 7.15. The molecule has 7 N–H and O–H groups in total. The zero-order chi connectivity index (χ0) is 38.2. The lowest BCUT2D eigenvalue weighted by Crippen LogP contribution is -2.42. The molecule has 0 fully saturated rings. The summed E-state index contributed by atoms with van der Waals surface area (Å²) in [5, 5.41) is 41.2. The van der Waals surface area contributed by atoms with Crippen molar-refractivity contribution in [3.63, 3.8) is 0 Å². The second-order valence-corrected chi connectivity index (χ2v) is 13.1. The number of nitrogens with zero attached hydrogens (tertiary/aromatic N) is 2. The van der Waals surface area contributed by atoms with E-state index in [1.165, 1.54) is 0 Å². The van der Waals surface area contributed by atoms with Crippen molar-refractivity contribution < 1.29 is 44.4 Å². The van der Waals surface area contributed by atoms with Crippen molar-refractivity contribution in [1.29, 1.82) is 0 Å². The van der Waals surface area contributed by atoms with Gasteiger partial charge in [0.15, 0.2) is 0 Å². The largest absolute Gasteiger partial charge is 0.481 e. The molecular weight excluding hydrogens is 670 g/mol. The molecule has 5 rings (SSSR count). The number of aromatic amines is 2. The van der Waals surface area contributed by atoms with Crippen LogP contribution in [0.1, 0.15) is 102 Å². The monoisotopic (exact) mass is 711 g/mol. The number of hydrogen-bond donors (Lipinski definition) is 7. The Bertz CT molecular complexity index is 2240. The van der Waals surface area contributed by atoms with Crippen LogP contribution in [0.4, 0.5) is 0 Å². The molecule has 14 nitrogen and oxygen atoms in total. The first kappa shape index (κ1) is 37.2. The summed E-state index contributed by atoms with van der Waals surface area (Å²) in [5.41, 5.74) is 7.95. The Balaban J connectivity index is 1.98. The molecule has 0 spiro atoms. The van der Waals surface area contributed by atoms with Gasteiger partial charge in [-0.3, -0.25) is 24.2 Å². The molecule has 0 unspecified atom stereocenters. The summed E-state index contributed by atoms with van der Waals surface area (Å²) in [4.78, 5) is 78.6. The summed E-state index contributed by atoms with van der Waals surface area (Å²) in [6, 6.07) is 3.77. The van der Waals surface area contributed by atoms with E-state index in [9.17, 15) is 44.4 Å². The SMILES string of the molecule is C=Cc1c(C)c2cc3nc(c(CC(=O)O)c4nc(cc5[nH]c(cc1[nH]2)c(C)c5CC)C(C)=C4C(=O)N[C@@H](CC(=O)O)C(=O)O)[C@@H](CCC(=O)O)[C@@H]3C. The molecule has 1 amide bonds. The van der Waals surface area contributed by atoms with E-state index < -0.39 is 54.6 Å². The molecule has 8 bridgehead atoms. The zero-order valence-electron chi connectivity index (χ0n) is 29.5. The molecule has 0 saturated heterocycles. The molecule has 0 saturated carbocycles. The average Bonchev–Trinajstić information content (AvgIpc) is 3.74. The van der Waals surface area contributed by atoms with Crippen molar-refractivity contribution in [1.82, 2.24) is 25.3 Å². The number of aryl methyl sites for hydroxylation is 3. The molecule has 52 heavy (non-hydrogen) atoms. The Morgan fingerprint density at radius 2 is 1.56 bits per heavy atom. The number of carbonyl (C=O) groups is 5. The number of aromatic nitrogens is 4. The second kappa shape index (κ2) is 14.7. The number of amides is 1. The van der Waals surface area contributed by atoms with Gasteiger partial charge in [0.25, 0.3) is 5.91 Å². The molecular formula is C38H41N5O9. The first-order chi connectivity index (χ1) is 24.6. The molecule has 272 valence electrons. The van der Waals surface area contributed by atoms with Crippen LogP contribution in [0.3, 0.4) is 0 Å². The van der Waals surface area contributed by atoms with Gasteiger partial charge < -0.3 is 35.7 Å². The van der Waals surface area contributed by atoms with E-state index in [-0.39, 0.29) is 47.0 Å². The maximum absolute atomic E-state index is 14.0. The van der Waals surface area contributed by atoms with Gasteiger partial charge in [0, 0.05) is 57.1 Å².